The van der Waals surface area contributed by atoms with Crippen LogP contribution in [0.15, 0.2) is 52.4 Å². The third-order valence-corrected chi connectivity index (χ3v) is 6.58. The first-order valence-corrected chi connectivity index (χ1v) is 11.4. The molecule has 1 fully saturated rings. The van der Waals surface area contributed by atoms with Crippen molar-refractivity contribution >= 4 is 63.1 Å². The van der Waals surface area contributed by atoms with E-state index in [4.69, 9.17) is 16.3 Å². The molecule has 0 bridgehead atoms. The van der Waals surface area contributed by atoms with E-state index < -0.39 is 0 Å². The molecule has 32 heavy (non-hydrogen) atoms. The highest BCUT2D eigenvalue weighted by molar-refractivity contribution is 8.18. The molecule has 2 aromatic carbocycles. The number of carbonyl (C=O) groups excluding carboxylic acids is 2. The number of amidine groups is 1. The standard InChI is InChI=1S/C24H22ClN3O3S/c1-4-31-22(29)13-28-15(3)17(16-8-5-6-11-20(16)28)12-21-23(30)27-24(32-21)26-19-10-7-9-18(25)14(19)2/h5-12H,4,13H2,1-3H3,(H,26,27,30)/b21-12-. The smallest absolute Gasteiger partial charge is 0.325 e. The number of aliphatic imine (C=N–C) groups is 1. The van der Waals surface area contributed by atoms with Crippen LogP contribution in [-0.4, -0.2) is 28.2 Å². The lowest BCUT2D eigenvalue weighted by molar-refractivity contribution is -0.143. The highest BCUT2D eigenvalue weighted by atomic mass is 35.5. The average molecular weight is 468 g/mol. The molecule has 1 aliphatic rings. The van der Waals surface area contributed by atoms with Crippen molar-refractivity contribution in [2.75, 3.05) is 6.61 Å². The van der Waals surface area contributed by atoms with Crippen molar-refractivity contribution in [3.05, 3.63) is 69.2 Å². The van der Waals surface area contributed by atoms with Gasteiger partial charge >= 0.3 is 5.97 Å². The quantitative estimate of drug-likeness (QED) is 0.404. The van der Waals surface area contributed by atoms with Gasteiger partial charge in [-0.1, -0.05) is 35.9 Å². The average Bonchev–Trinajstić information content (AvgIpc) is 3.24. The van der Waals surface area contributed by atoms with Gasteiger partial charge in [-0.05, 0) is 62.4 Å². The van der Waals surface area contributed by atoms with Crippen LogP contribution in [0.1, 0.15) is 23.7 Å². The summed E-state index contributed by atoms with van der Waals surface area (Å²) < 4.78 is 7.05. The molecule has 8 heteroatoms. The summed E-state index contributed by atoms with van der Waals surface area (Å²) in [6.45, 7) is 6.06. The largest absolute Gasteiger partial charge is 0.465 e. The van der Waals surface area contributed by atoms with Crippen molar-refractivity contribution in [1.82, 2.24) is 9.88 Å². The zero-order valence-corrected chi connectivity index (χ0v) is 19.5. The van der Waals surface area contributed by atoms with Gasteiger partial charge in [0, 0.05) is 27.2 Å². The number of halogens is 1. The van der Waals surface area contributed by atoms with Gasteiger partial charge in [-0.2, -0.15) is 0 Å². The summed E-state index contributed by atoms with van der Waals surface area (Å²) in [6, 6.07) is 13.3. The number of carbonyl (C=O) groups is 2. The number of esters is 1. The van der Waals surface area contributed by atoms with Gasteiger partial charge in [0.15, 0.2) is 5.17 Å². The first kappa shape index (κ1) is 22.2. The normalized spacial score (nSPS) is 16.2. The first-order chi connectivity index (χ1) is 15.4. The molecule has 1 amide bonds. The molecule has 1 aliphatic heterocycles. The van der Waals surface area contributed by atoms with Crippen molar-refractivity contribution in [1.29, 1.82) is 0 Å². The molecule has 2 heterocycles. The molecule has 0 saturated carbocycles. The Morgan fingerprint density at radius 3 is 2.78 bits per heavy atom. The lowest BCUT2D eigenvalue weighted by Gasteiger charge is -2.07. The molecular weight excluding hydrogens is 446 g/mol. The van der Waals surface area contributed by atoms with Crippen LogP contribution in [0.25, 0.3) is 17.0 Å². The number of nitrogens with zero attached hydrogens (tertiary/aromatic N) is 2. The molecule has 1 saturated heterocycles. The Kier molecular flexibility index (Phi) is 6.39. The Morgan fingerprint density at radius 1 is 1.22 bits per heavy atom. The zero-order chi connectivity index (χ0) is 22.8. The number of fused-ring (bicyclic) bond motifs is 1. The van der Waals surface area contributed by atoms with Crippen molar-refractivity contribution in [3.8, 4) is 0 Å². The maximum absolute atomic E-state index is 12.7. The van der Waals surface area contributed by atoms with E-state index in [0.29, 0.717) is 27.4 Å². The van der Waals surface area contributed by atoms with Crippen LogP contribution in [0.5, 0.6) is 0 Å². The van der Waals surface area contributed by atoms with Gasteiger partial charge in [-0.15, -0.1) is 0 Å². The van der Waals surface area contributed by atoms with E-state index >= 15 is 0 Å². The number of hydrogen-bond donors (Lipinski definition) is 1. The second kappa shape index (κ2) is 9.22. The SMILES string of the molecule is CCOC(=O)Cn1c(C)c(/C=C2\SC(=Nc3cccc(Cl)c3C)NC2=O)c2ccccc21. The Balaban J connectivity index is 1.71. The number of amides is 1. The lowest BCUT2D eigenvalue weighted by atomic mass is 10.1. The van der Waals surface area contributed by atoms with E-state index in [2.05, 4.69) is 10.3 Å². The van der Waals surface area contributed by atoms with Crippen LogP contribution in [0.4, 0.5) is 5.69 Å². The van der Waals surface area contributed by atoms with Crippen molar-refractivity contribution < 1.29 is 14.3 Å². The summed E-state index contributed by atoms with van der Waals surface area (Å²) in [5.74, 6) is -0.509. The molecule has 0 unspecified atom stereocenters. The summed E-state index contributed by atoms with van der Waals surface area (Å²) in [5.41, 5.74) is 4.26. The molecule has 1 N–H and O–H groups in total. The van der Waals surface area contributed by atoms with Crippen LogP contribution < -0.4 is 5.32 Å². The van der Waals surface area contributed by atoms with E-state index in [1.807, 2.05) is 60.9 Å². The molecule has 4 rings (SSSR count). The third-order valence-electron chi connectivity index (χ3n) is 5.26. The Morgan fingerprint density at radius 2 is 2.00 bits per heavy atom. The van der Waals surface area contributed by atoms with Crippen molar-refractivity contribution in [3.63, 3.8) is 0 Å². The maximum Gasteiger partial charge on any atom is 0.325 e. The van der Waals surface area contributed by atoms with Gasteiger partial charge in [-0.3, -0.25) is 9.59 Å². The summed E-state index contributed by atoms with van der Waals surface area (Å²) in [5, 5.41) is 4.91. The van der Waals surface area contributed by atoms with Gasteiger partial charge in [-0.25, -0.2) is 4.99 Å². The third kappa shape index (κ3) is 4.31. The fraction of sp³-hybridized carbons (Fsp3) is 0.208. The maximum atomic E-state index is 12.7. The fourth-order valence-corrected chi connectivity index (χ4v) is 4.60. The van der Waals surface area contributed by atoms with Gasteiger partial charge in [0.05, 0.1) is 17.2 Å². The minimum Gasteiger partial charge on any atom is -0.465 e. The van der Waals surface area contributed by atoms with E-state index in [1.165, 1.54) is 11.8 Å². The predicted octanol–water partition coefficient (Wildman–Crippen LogP) is 5.37. The molecule has 0 spiro atoms. The molecule has 1 aromatic heterocycles. The van der Waals surface area contributed by atoms with E-state index in [-0.39, 0.29) is 18.4 Å². The van der Waals surface area contributed by atoms with Crippen LogP contribution in [-0.2, 0) is 20.9 Å². The molecule has 164 valence electrons. The second-order valence-corrected chi connectivity index (χ2v) is 8.71. The molecular formula is C24H22ClN3O3S. The number of benzene rings is 2. The number of hydrogen-bond acceptors (Lipinski definition) is 5. The summed E-state index contributed by atoms with van der Waals surface area (Å²) in [7, 11) is 0. The van der Waals surface area contributed by atoms with Gasteiger partial charge in [0.25, 0.3) is 5.91 Å². The number of thioether (sulfide) groups is 1. The number of ether oxygens (including phenoxy) is 1. The number of para-hydroxylation sites is 1. The van der Waals surface area contributed by atoms with E-state index in [9.17, 15) is 9.59 Å². The Labute approximate surface area is 195 Å². The lowest BCUT2D eigenvalue weighted by Crippen LogP contribution is -2.19. The second-order valence-electron chi connectivity index (χ2n) is 7.27. The fourth-order valence-electron chi connectivity index (χ4n) is 3.62. The molecule has 0 aliphatic carbocycles. The van der Waals surface area contributed by atoms with Crippen LogP contribution in [0.2, 0.25) is 5.02 Å². The number of rotatable bonds is 5. The minimum atomic E-state index is -0.296. The van der Waals surface area contributed by atoms with Crippen LogP contribution >= 0.6 is 23.4 Å². The summed E-state index contributed by atoms with van der Waals surface area (Å²) in [4.78, 5) is 29.9. The Bertz CT molecular complexity index is 1290. The van der Waals surface area contributed by atoms with Gasteiger partial charge in [0.2, 0.25) is 0 Å². The molecule has 0 atom stereocenters. The first-order valence-electron chi connectivity index (χ1n) is 10.2. The highest BCUT2D eigenvalue weighted by Crippen LogP contribution is 2.34. The van der Waals surface area contributed by atoms with Crippen molar-refractivity contribution in [2.24, 2.45) is 4.99 Å². The zero-order valence-electron chi connectivity index (χ0n) is 17.9. The minimum absolute atomic E-state index is 0.115. The topological polar surface area (TPSA) is 72.7 Å². The highest BCUT2D eigenvalue weighted by Gasteiger charge is 2.25. The number of aromatic nitrogens is 1. The van der Waals surface area contributed by atoms with Crippen LogP contribution in [0, 0.1) is 13.8 Å². The van der Waals surface area contributed by atoms with E-state index in [0.717, 1.165) is 27.7 Å². The summed E-state index contributed by atoms with van der Waals surface area (Å²) in [6.07, 6.45) is 1.85. The van der Waals surface area contributed by atoms with Gasteiger partial charge in [0.1, 0.15) is 6.54 Å². The predicted molar refractivity (Wildman–Crippen MR) is 130 cm³/mol. The van der Waals surface area contributed by atoms with Crippen molar-refractivity contribution in [2.45, 2.75) is 27.3 Å². The number of nitrogens with one attached hydrogen (secondary N) is 1. The summed E-state index contributed by atoms with van der Waals surface area (Å²) >= 11 is 7.46. The van der Waals surface area contributed by atoms with Crippen LogP contribution in [0.3, 0.4) is 0 Å². The molecule has 0 radical (unpaired) electrons. The monoisotopic (exact) mass is 467 g/mol. The van der Waals surface area contributed by atoms with Gasteiger partial charge < -0.3 is 14.6 Å². The Hall–Kier alpha value is -3.03. The molecule has 3 aromatic rings. The van der Waals surface area contributed by atoms with E-state index in [1.54, 1.807) is 13.0 Å². The molecule has 6 nitrogen and oxygen atoms in total.